The second kappa shape index (κ2) is 7.12. The lowest BCUT2D eigenvalue weighted by Crippen LogP contribution is -2.33. The Kier molecular flexibility index (Phi) is 6.03. The van der Waals surface area contributed by atoms with E-state index in [-0.39, 0.29) is 5.91 Å². The molecule has 4 heteroatoms. The van der Waals surface area contributed by atoms with Crippen LogP contribution in [0.15, 0.2) is 0 Å². The molecule has 0 radical (unpaired) electrons. The second-order valence-electron chi connectivity index (χ2n) is 3.65. The van der Waals surface area contributed by atoms with Gasteiger partial charge in [0.15, 0.2) is 0 Å². The molecular weight excluding hydrogens is 196 g/mol. The summed E-state index contributed by atoms with van der Waals surface area (Å²) in [6.45, 7) is 1.62. The summed E-state index contributed by atoms with van der Waals surface area (Å²) in [5.41, 5.74) is 0. The largest absolute Gasteiger partial charge is 0.355 e. The van der Waals surface area contributed by atoms with E-state index in [1.165, 1.54) is 25.0 Å². The quantitative estimate of drug-likeness (QED) is 0.720. The molecule has 0 aromatic carbocycles. The fraction of sp³-hybridized carbons (Fsp3) is 0.900. The van der Waals surface area contributed by atoms with Crippen LogP contribution in [0.3, 0.4) is 0 Å². The third-order valence-electron chi connectivity index (χ3n) is 2.40. The van der Waals surface area contributed by atoms with Gasteiger partial charge in [0.2, 0.25) is 5.91 Å². The number of hydrogen-bond acceptors (Lipinski definition) is 3. The van der Waals surface area contributed by atoms with Gasteiger partial charge in [-0.25, -0.2) is 0 Å². The van der Waals surface area contributed by atoms with Gasteiger partial charge in [-0.3, -0.25) is 4.79 Å². The smallest absolute Gasteiger partial charge is 0.221 e. The van der Waals surface area contributed by atoms with E-state index in [2.05, 4.69) is 10.6 Å². The van der Waals surface area contributed by atoms with Crippen molar-refractivity contribution >= 4 is 17.7 Å². The van der Waals surface area contributed by atoms with Crippen LogP contribution >= 0.6 is 11.8 Å². The molecule has 1 amide bonds. The average Bonchev–Trinajstić information content (AvgIpc) is 2.25. The van der Waals surface area contributed by atoms with E-state index in [1.807, 2.05) is 18.8 Å². The van der Waals surface area contributed by atoms with Gasteiger partial charge in [0.1, 0.15) is 0 Å². The monoisotopic (exact) mass is 216 g/mol. The molecule has 1 unspecified atom stereocenters. The number of nitrogens with one attached hydrogen (secondary N) is 2. The summed E-state index contributed by atoms with van der Waals surface area (Å²) in [5, 5.41) is 6.61. The lowest BCUT2D eigenvalue weighted by atomic mass is 10.2. The Bertz CT molecular complexity index is 170. The molecule has 0 spiro atoms. The molecule has 1 aliphatic heterocycles. The van der Waals surface area contributed by atoms with E-state index in [0.29, 0.717) is 11.7 Å². The molecule has 2 N–H and O–H groups in total. The molecule has 1 aliphatic rings. The lowest BCUT2D eigenvalue weighted by molar-refractivity contribution is -0.120. The third kappa shape index (κ3) is 4.86. The number of rotatable bonds is 5. The molecule has 0 bridgehead atoms. The zero-order valence-electron chi connectivity index (χ0n) is 8.84. The SMILES string of the molecule is CNCCC(=O)NCC1CCCCS1. The zero-order chi connectivity index (χ0) is 10.2. The zero-order valence-corrected chi connectivity index (χ0v) is 9.66. The van der Waals surface area contributed by atoms with Crippen molar-refractivity contribution in [3.63, 3.8) is 0 Å². The van der Waals surface area contributed by atoms with Crippen molar-refractivity contribution in [3.05, 3.63) is 0 Å². The molecule has 1 rings (SSSR count). The molecule has 3 nitrogen and oxygen atoms in total. The predicted molar refractivity (Wildman–Crippen MR) is 61.7 cm³/mol. The van der Waals surface area contributed by atoms with Crippen LogP contribution in [-0.2, 0) is 4.79 Å². The predicted octanol–water partition coefficient (Wildman–Crippen LogP) is 0.998. The van der Waals surface area contributed by atoms with Crippen LogP contribution in [0.5, 0.6) is 0 Å². The molecule has 0 aliphatic carbocycles. The molecule has 1 heterocycles. The first-order valence-corrected chi connectivity index (χ1v) is 6.40. The first-order chi connectivity index (χ1) is 6.83. The molecule has 1 saturated heterocycles. The first kappa shape index (κ1) is 11.9. The van der Waals surface area contributed by atoms with Crippen molar-refractivity contribution in [2.45, 2.75) is 30.9 Å². The number of thioether (sulfide) groups is 1. The summed E-state index contributed by atoms with van der Waals surface area (Å²) in [6.07, 6.45) is 4.52. The van der Waals surface area contributed by atoms with E-state index < -0.39 is 0 Å². The summed E-state index contributed by atoms with van der Waals surface area (Å²) in [7, 11) is 1.87. The molecule has 82 valence electrons. The van der Waals surface area contributed by atoms with Crippen molar-refractivity contribution in [2.24, 2.45) is 0 Å². The van der Waals surface area contributed by atoms with Crippen LogP contribution in [0.4, 0.5) is 0 Å². The number of carbonyl (C=O) groups is 1. The van der Waals surface area contributed by atoms with Crippen molar-refractivity contribution in [3.8, 4) is 0 Å². The third-order valence-corrected chi connectivity index (χ3v) is 3.80. The summed E-state index contributed by atoms with van der Waals surface area (Å²) in [4.78, 5) is 11.3. The first-order valence-electron chi connectivity index (χ1n) is 5.36. The Morgan fingerprint density at radius 2 is 2.36 bits per heavy atom. The summed E-state index contributed by atoms with van der Waals surface area (Å²) in [5.74, 6) is 1.43. The van der Waals surface area contributed by atoms with Crippen LogP contribution in [0.25, 0.3) is 0 Å². The molecule has 0 aromatic heterocycles. The number of carbonyl (C=O) groups excluding carboxylic acids is 1. The van der Waals surface area contributed by atoms with Crippen molar-refractivity contribution < 1.29 is 4.79 Å². The highest BCUT2D eigenvalue weighted by Crippen LogP contribution is 2.24. The minimum absolute atomic E-state index is 0.172. The molecular formula is C10H20N2OS. The van der Waals surface area contributed by atoms with Gasteiger partial charge in [0.25, 0.3) is 0 Å². The molecule has 1 fully saturated rings. The normalized spacial score (nSPS) is 21.9. The van der Waals surface area contributed by atoms with Gasteiger partial charge in [-0.05, 0) is 25.6 Å². The van der Waals surface area contributed by atoms with E-state index >= 15 is 0 Å². The highest BCUT2D eigenvalue weighted by Gasteiger charge is 2.14. The topological polar surface area (TPSA) is 41.1 Å². The van der Waals surface area contributed by atoms with Crippen LogP contribution in [0, 0.1) is 0 Å². The Hall–Kier alpha value is -0.220. The number of hydrogen-bond donors (Lipinski definition) is 2. The van der Waals surface area contributed by atoms with Gasteiger partial charge in [0, 0.05) is 24.8 Å². The number of amides is 1. The van der Waals surface area contributed by atoms with E-state index in [4.69, 9.17) is 0 Å². The van der Waals surface area contributed by atoms with Crippen molar-refractivity contribution in [1.82, 2.24) is 10.6 Å². The maximum absolute atomic E-state index is 11.3. The van der Waals surface area contributed by atoms with E-state index in [0.717, 1.165) is 13.1 Å². The minimum atomic E-state index is 0.172. The Morgan fingerprint density at radius 1 is 1.50 bits per heavy atom. The molecule has 14 heavy (non-hydrogen) atoms. The Labute approximate surface area is 90.4 Å². The maximum Gasteiger partial charge on any atom is 0.221 e. The van der Waals surface area contributed by atoms with Crippen LogP contribution in [0.2, 0.25) is 0 Å². The molecule has 1 atom stereocenters. The minimum Gasteiger partial charge on any atom is -0.355 e. The summed E-state index contributed by atoms with van der Waals surface area (Å²) >= 11 is 2.00. The lowest BCUT2D eigenvalue weighted by Gasteiger charge is -2.21. The Morgan fingerprint density at radius 3 is 3.00 bits per heavy atom. The van der Waals surface area contributed by atoms with Gasteiger partial charge in [-0.1, -0.05) is 6.42 Å². The van der Waals surface area contributed by atoms with Crippen LogP contribution < -0.4 is 10.6 Å². The van der Waals surface area contributed by atoms with Crippen LogP contribution in [-0.4, -0.2) is 37.0 Å². The average molecular weight is 216 g/mol. The van der Waals surface area contributed by atoms with E-state index in [9.17, 15) is 4.79 Å². The second-order valence-corrected chi connectivity index (χ2v) is 5.05. The molecule has 0 aromatic rings. The molecule has 0 saturated carbocycles. The highest BCUT2D eigenvalue weighted by molar-refractivity contribution is 7.99. The summed E-state index contributed by atoms with van der Waals surface area (Å²) < 4.78 is 0. The highest BCUT2D eigenvalue weighted by atomic mass is 32.2. The van der Waals surface area contributed by atoms with E-state index in [1.54, 1.807) is 0 Å². The fourth-order valence-corrected chi connectivity index (χ4v) is 2.76. The Balaban J connectivity index is 2.03. The van der Waals surface area contributed by atoms with Gasteiger partial charge in [-0.15, -0.1) is 0 Å². The summed E-state index contributed by atoms with van der Waals surface area (Å²) in [6, 6.07) is 0. The van der Waals surface area contributed by atoms with Gasteiger partial charge < -0.3 is 10.6 Å². The van der Waals surface area contributed by atoms with Crippen molar-refractivity contribution in [2.75, 3.05) is 25.9 Å². The van der Waals surface area contributed by atoms with Gasteiger partial charge in [-0.2, -0.15) is 11.8 Å². The van der Waals surface area contributed by atoms with Crippen molar-refractivity contribution in [1.29, 1.82) is 0 Å². The fourth-order valence-electron chi connectivity index (χ4n) is 1.52. The standard InChI is InChI=1S/C10H20N2OS/c1-11-6-5-10(13)12-8-9-4-2-3-7-14-9/h9,11H,2-8H2,1H3,(H,12,13). The maximum atomic E-state index is 11.3. The van der Waals surface area contributed by atoms with Gasteiger partial charge >= 0.3 is 0 Å². The van der Waals surface area contributed by atoms with Gasteiger partial charge in [0.05, 0.1) is 0 Å². The van der Waals surface area contributed by atoms with Crippen LogP contribution in [0.1, 0.15) is 25.7 Å².